The fourth-order valence-corrected chi connectivity index (χ4v) is 1.63. The molecule has 0 atom stereocenters. The van der Waals surface area contributed by atoms with E-state index in [-0.39, 0.29) is 12.2 Å². The third-order valence-electron chi connectivity index (χ3n) is 2.47. The predicted molar refractivity (Wildman–Crippen MR) is 63.8 cm³/mol. The minimum absolute atomic E-state index is 0.0667. The lowest BCUT2D eigenvalue weighted by molar-refractivity contribution is -0.384. The Labute approximate surface area is 107 Å². The van der Waals surface area contributed by atoms with E-state index in [0.717, 1.165) is 0 Å². The smallest absolute Gasteiger partial charge is 0.298 e. The molecule has 0 saturated carbocycles. The van der Waals surface area contributed by atoms with Crippen LogP contribution in [-0.2, 0) is 6.54 Å². The number of furan rings is 1. The first-order valence-corrected chi connectivity index (χ1v) is 5.40. The number of nitrogens with one attached hydrogen (secondary N) is 1. The fraction of sp³-hybridized carbons (Fsp3) is 0.167. The van der Waals surface area contributed by atoms with E-state index >= 15 is 0 Å². The van der Waals surface area contributed by atoms with Gasteiger partial charge in [0.25, 0.3) is 5.69 Å². The third kappa shape index (κ3) is 2.87. The molecule has 7 heteroatoms. The van der Waals surface area contributed by atoms with Crippen LogP contribution >= 0.6 is 0 Å². The van der Waals surface area contributed by atoms with E-state index in [1.54, 1.807) is 19.1 Å². The van der Waals surface area contributed by atoms with Crippen LogP contribution in [0.5, 0.6) is 0 Å². The zero-order valence-electron chi connectivity index (χ0n) is 9.94. The Hall–Kier alpha value is -2.44. The lowest BCUT2D eigenvalue weighted by Crippen LogP contribution is -2.05. The SMILES string of the molecule is Cc1ccc(CNc2c(F)cc(F)cc2[N+](=O)[O-])o1. The van der Waals surface area contributed by atoms with Crippen LogP contribution in [0, 0.1) is 28.7 Å². The lowest BCUT2D eigenvalue weighted by Gasteiger charge is -2.07. The molecule has 0 bridgehead atoms. The average molecular weight is 268 g/mol. The molecule has 0 unspecified atom stereocenters. The first kappa shape index (κ1) is 13.0. The highest BCUT2D eigenvalue weighted by Crippen LogP contribution is 2.29. The van der Waals surface area contributed by atoms with Crippen LogP contribution in [0.4, 0.5) is 20.2 Å². The largest absolute Gasteiger partial charge is 0.465 e. The van der Waals surface area contributed by atoms with Crippen molar-refractivity contribution in [2.45, 2.75) is 13.5 Å². The Morgan fingerprint density at radius 3 is 2.68 bits per heavy atom. The van der Waals surface area contributed by atoms with Crippen LogP contribution in [0.3, 0.4) is 0 Å². The first-order valence-electron chi connectivity index (χ1n) is 5.40. The van der Waals surface area contributed by atoms with E-state index in [1.165, 1.54) is 0 Å². The van der Waals surface area contributed by atoms with Crippen LogP contribution in [0.1, 0.15) is 11.5 Å². The highest BCUT2D eigenvalue weighted by molar-refractivity contribution is 5.62. The summed E-state index contributed by atoms with van der Waals surface area (Å²) in [7, 11) is 0. The molecular weight excluding hydrogens is 258 g/mol. The molecule has 2 aromatic rings. The predicted octanol–water partition coefficient (Wildman–Crippen LogP) is 3.39. The molecule has 19 heavy (non-hydrogen) atoms. The maximum absolute atomic E-state index is 13.5. The molecule has 0 aliphatic carbocycles. The van der Waals surface area contributed by atoms with Gasteiger partial charge in [-0.05, 0) is 19.1 Å². The van der Waals surface area contributed by atoms with E-state index in [9.17, 15) is 18.9 Å². The van der Waals surface area contributed by atoms with E-state index < -0.39 is 22.2 Å². The third-order valence-corrected chi connectivity index (χ3v) is 2.47. The second-order valence-corrected chi connectivity index (χ2v) is 3.90. The second-order valence-electron chi connectivity index (χ2n) is 3.90. The Balaban J connectivity index is 2.26. The van der Waals surface area contributed by atoms with E-state index in [4.69, 9.17) is 4.42 Å². The van der Waals surface area contributed by atoms with Gasteiger partial charge >= 0.3 is 0 Å². The summed E-state index contributed by atoms with van der Waals surface area (Å²) in [4.78, 5) is 9.91. The van der Waals surface area contributed by atoms with Crippen molar-refractivity contribution >= 4 is 11.4 Å². The summed E-state index contributed by atoms with van der Waals surface area (Å²) in [6.45, 7) is 1.81. The highest BCUT2D eigenvalue weighted by Gasteiger charge is 2.20. The molecule has 1 heterocycles. The van der Waals surface area contributed by atoms with Gasteiger partial charge in [-0.1, -0.05) is 0 Å². The molecule has 5 nitrogen and oxygen atoms in total. The van der Waals surface area contributed by atoms with Crippen molar-refractivity contribution in [3.63, 3.8) is 0 Å². The topological polar surface area (TPSA) is 68.3 Å². The van der Waals surface area contributed by atoms with E-state index in [1.807, 2.05) is 0 Å². The van der Waals surface area contributed by atoms with E-state index in [0.29, 0.717) is 23.7 Å². The summed E-state index contributed by atoms with van der Waals surface area (Å²) < 4.78 is 31.7. The average Bonchev–Trinajstić information content (AvgIpc) is 2.73. The van der Waals surface area contributed by atoms with Crippen LogP contribution in [-0.4, -0.2) is 4.92 Å². The van der Waals surface area contributed by atoms with Gasteiger partial charge in [0.1, 0.15) is 23.0 Å². The molecular formula is C12H10F2N2O3. The molecule has 0 fully saturated rings. The Kier molecular flexibility index (Phi) is 3.46. The molecule has 0 aliphatic rings. The van der Waals surface area contributed by atoms with Gasteiger partial charge in [0.15, 0.2) is 5.82 Å². The molecule has 0 aliphatic heterocycles. The summed E-state index contributed by atoms with van der Waals surface area (Å²) in [6, 6.07) is 4.63. The lowest BCUT2D eigenvalue weighted by atomic mass is 10.2. The number of aryl methyl sites for hydroxylation is 1. The first-order chi connectivity index (χ1) is 8.97. The molecule has 0 saturated heterocycles. The minimum atomic E-state index is -1.02. The van der Waals surface area contributed by atoms with Crippen LogP contribution in [0.15, 0.2) is 28.7 Å². The maximum Gasteiger partial charge on any atom is 0.298 e. The van der Waals surface area contributed by atoms with Crippen molar-refractivity contribution in [1.82, 2.24) is 0 Å². The van der Waals surface area contributed by atoms with Crippen molar-refractivity contribution in [3.8, 4) is 0 Å². The number of nitro benzene ring substituents is 1. The van der Waals surface area contributed by atoms with Gasteiger partial charge in [0, 0.05) is 6.07 Å². The molecule has 100 valence electrons. The van der Waals surface area contributed by atoms with Gasteiger partial charge in [0.05, 0.1) is 17.5 Å². The molecule has 1 N–H and O–H groups in total. The monoisotopic (exact) mass is 268 g/mol. The van der Waals surface area contributed by atoms with Gasteiger partial charge in [-0.3, -0.25) is 10.1 Å². The Bertz CT molecular complexity index is 625. The molecule has 0 radical (unpaired) electrons. The summed E-state index contributed by atoms with van der Waals surface area (Å²) in [5.41, 5.74) is -1.01. The minimum Gasteiger partial charge on any atom is -0.465 e. The normalized spacial score (nSPS) is 10.5. The number of benzene rings is 1. The summed E-state index contributed by atoms with van der Waals surface area (Å²) in [5, 5.41) is 13.3. The van der Waals surface area contributed by atoms with Gasteiger partial charge in [-0.2, -0.15) is 0 Å². The van der Waals surface area contributed by atoms with Crippen molar-refractivity contribution in [3.05, 3.63) is 57.5 Å². The highest BCUT2D eigenvalue weighted by atomic mass is 19.1. The van der Waals surface area contributed by atoms with Crippen molar-refractivity contribution in [2.24, 2.45) is 0 Å². The van der Waals surface area contributed by atoms with Gasteiger partial charge in [0.2, 0.25) is 0 Å². The zero-order chi connectivity index (χ0) is 14.0. The fourth-order valence-electron chi connectivity index (χ4n) is 1.63. The van der Waals surface area contributed by atoms with Gasteiger partial charge < -0.3 is 9.73 Å². The molecule has 1 aromatic heterocycles. The van der Waals surface area contributed by atoms with Gasteiger partial charge in [-0.15, -0.1) is 0 Å². The van der Waals surface area contributed by atoms with Gasteiger partial charge in [-0.25, -0.2) is 8.78 Å². The summed E-state index contributed by atoms with van der Waals surface area (Å²) in [6.07, 6.45) is 0. The maximum atomic E-state index is 13.5. The zero-order valence-corrected chi connectivity index (χ0v) is 9.94. The Morgan fingerprint density at radius 1 is 1.37 bits per heavy atom. The van der Waals surface area contributed by atoms with Crippen LogP contribution in [0.25, 0.3) is 0 Å². The molecule has 0 amide bonds. The number of hydrogen-bond donors (Lipinski definition) is 1. The number of nitrogens with zero attached hydrogens (tertiary/aromatic N) is 1. The summed E-state index contributed by atoms with van der Waals surface area (Å²) in [5.74, 6) is -0.847. The van der Waals surface area contributed by atoms with Crippen molar-refractivity contribution < 1.29 is 18.1 Å². The number of halogens is 2. The molecule has 0 spiro atoms. The van der Waals surface area contributed by atoms with Crippen LogP contribution in [0.2, 0.25) is 0 Å². The molecule has 1 aromatic carbocycles. The number of nitro groups is 1. The van der Waals surface area contributed by atoms with E-state index in [2.05, 4.69) is 5.32 Å². The standard InChI is InChI=1S/C12H10F2N2O3/c1-7-2-3-9(19-7)6-15-12-10(14)4-8(13)5-11(12)16(17)18/h2-5,15H,6H2,1H3. The number of rotatable bonds is 4. The quantitative estimate of drug-likeness (QED) is 0.681. The summed E-state index contributed by atoms with van der Waals surface area (Å²) >= 11 is 0. The van der Waals surface area contributed by atoms with Crippen molar-refractivity contribution in [2.75, 3.05) is 5.32 Å². The number of hydrogen-bond acceptors (Lipinski definition) is 4. The second kappa shape index (κ2) is 5.05. The van der Waals surface area contributed by atoms with Crippen molar-refractivity contribution in [1.29, 1.82) is 0 Å². The van der Waals surface area contributed by atoms with Crippen LogP contribution < -0.4 is 5.32 Å². The number of anilines is 1. The Morgan fingerprint density at radius 2 is 2.11 bits per heavy atom. The molecule has 2 rings (SSSR count).